The third-order valence-electron chi connectivity index (χ3n) is 6.31. The second-order valence-corrected chi connectivity index (χ2v) is 9.58. The number of anilines is 2. The van der Waals surface area contributed by atoms with Gasteiger partial charge >= 0.3 is 0 Å². The van der Waals surface area contributed by atoms with Crippen LogP contribution in [0.25, 0.3) is 21.2 Å². The first-order valence-electron chi connectivity index (χ1n) is 11.3. The molecule has 4 aromatic rings. The van der Waals surface area contributed by atoms with Crippen LogP contribution < -0.4 is 16.4 Å². The molecule has 0 aliphatic heterocycles. The molecular weight excluding hydrogens is 448 g/mol. The number of nitrogens with one attached hydrogen (secondary N) is 2. The van der Waals surface area contributed by atoms with E-state index in [-0.39, 0.29) is 23.8 Å². The molecule has 1 aliphatic rings. The average molecular weight is 475 g/mol. The Morgan fingerprint density at radius 3 is 2.76 bits per heavy atom. The topological polar surface area (TPSA) is 115 Å². The molecule has 5 rings (SSSR count). The number of pyridine rings is 1. The molecule has 1 saturated carbocycles. The second-order valence-electron chi connectivity index (χ2n) is 8.70. The lowest BCUT2D eigenvalue weighted by molar-refractivity contribution is -0.121. The van der Waals surface area contributed by atoms with Crippen molar-refractivity contribution in [2.24, 2.45) is 13.0 Å². The van der Waals surface area contributed by atoms with Crippen molar-refractivity contribution in [3.63, 3.8) is 0 Å². The number of amides is 2. The van der Waals surface area contributed by atoms with Crippen LogP contribution in [0.3, 0.4) is 0 Å². The number of aryl methyl sites for hydroxylation is 1. The summed E-state index contributed by atoms with van der Waals surface area (Å²) in [6, 6.07) is 9.38. The Kier molecular flexibility index (Phi) is 6.02. The van der Waals surface area contributed by atoms with Crippen LogP contribution in [0.1, 0.15) is 36.0 Å². The number of hydrogen-bond donors (Lipinski definition) is 3. The Hall–Kier alpha value is -3.72. The number of carbonyl (C=O) groups excluding carboxylic acids is 2. The van der Waals surface area contributed by atoms with Crippen molar-refractivity contribution >= 4 is 44.7 Å². The maximum absolute atomic E-state index is 13.3. The zero-order valence-electron chi connectivity index (χ0n) is 18.8. The molecule has 1 aromatic carbocycles. The van der Waals surface area contributed by atoms with Gasteiger partial charge in [0, 0.05) is 63.7 Å². The average Bonchev–Trinajstić information content (AvgIpc) is 3.48. The molecule has 2 amide bonds. The molecule has 3 heterocycles. The molecule has 0 radical (unpaired) electrons. The summed E-state index contributed by atoms with van der Waals surface area (Å²) in [5, 5.41) is 12.9. The van der Waals surface area contributed by atoms with E-state index in [1.54, 1.807) is 17.1 Å². The summed E-state index contributed by atoms with van der Waals surface area (Å²) in [4.78, 5) is 30.4. The number of carbonyl (C=O) groups is 2. The van der Waals surface area contributed by atoms with Crippen LogP contribution in [0.4, 0.5) is 11.5 Å². The molecular formula is C25H26N6O2S. The van der Waals surface area contributed by atoms with Gasteiger partial charge in [-0.3, -0.25) is 14.3 Å². The first-order chi connectivity index (χ1) is 16.5. The number of thiophene rings is 1. The van der Waals surface area contributed by atoms with Crippen LogP contribution in [-0.4, -0.2) is 32.6 Å². The zero-order chi connectivity index (χ0) is 23.7. The minimum atomic E-state index is -0.183. The fourth-order valence-electron chi connectivity index (χ4n) is 4.59. The third-order valence-corrected chi connectivity index (χ3v) is 7.32. The molecule has 174 valence electrons. The van der Waals surface area contributed by atoms with E-state index in [0.717, 1.165) is 40.8 Å². The van der Waals surface area contributed by atoms with E-state index in [1.165, 1.54) is 11.3 Å². The van der Waals surface area contributed by atoms with Crippen LogP contribution in [0, 0.1) is 5.92 Å². The molecule has 34 heavy (non-hydrogen) atoms. The Labute approximate surface area is 201 Å². The number of nitrogen functional groups attached to an aromatic ring is 1. The fourth-order valence-corrected chi connectivity index (χ4v) is 5.68. The van der Waals surface area contributed by atoms with Crippen molar-refractivity contribution in [3.05, 3.63) is 59.9 Å². The highest BCUT2D eigenvalue weighted by molar-refractivity contribution is 7.18. The molecule has 1 aliphatic carbocycles. The summed E-state index contributed by atoms with van der Waals surface area (Å²) < 4.78 is 2.64. The summed E-state index contributed by atoms with van der Waals surface area (Å²) in [6.45, 7) is 0. The van der Waals surface area contributed by atoms with E-state index in [1.807, 2.05) is 49.0 Å². The maximum Gasteiger partial charge on any atom is 0.253 e. The Bertz CT molecular complexity index is 1350. The first-order valence-corrected chi connectivity index (χ1v) is 12.2. The normalized spacial score (nSPS) is 18.0. The molecule has 3 aromatic heterocycles. The highest BCUT2D eigenvalue weighted by Gasteiger charge is 2.29. The molecule has 2 atom stereocenters. The van der Waals surface area contributed by atoms with Crippen LogP contribution in [0.2, 0.25) is 0 Å². The van der Waals surface area contributed by atoms with Gasteiger partial charge < -0.3 is 16.4 Å². The SMILES string of the molecule is Cn1cc(-c2cnc(N)c3c(C(=O)N[C@H]4CCC[C@@H](C(=O)Nc5ccccc5)C4)csc23)cn1. The quantitative estimate of drug-likeness (QED) is 0.401. The van der Waals surface area contributed by atoms with Crippen LogP contribution in [0.5, 0.6) is 0 Å². The van der Waals surface area contributed by atoms with Gasteiger partial charge in [-0.05, 0) is 31.4 Å². The standard InChI is InChI=1S/C25H26N6O2S/c1-31-13-16(11-28-31)19-12-27-23(26)21-20(14-34-22(19)21)25(33)30-18-9-5-6-15(10-18)24(32)29-17-7-3-2-4-8-17/h2-4,7-8,11-15,18H,5-6,9-10H2,1H3,(H2,26,27)(H,29,32)(H,30,33)/t15-,18+/m1/s1. The number of aromatic nitrogens is 3. The number of rotatable bonds is 5. The lowest BCUT2D eigenvalue weighted by Gasteiger charge is -2.29. The molecule has 0 saturated heterocycles. The number of benzene rings is 1. The summed E-state index contributed by atoms with van der Waals surface area (Å²) in [7, 11) is 1.86. The summed E-state index contributed by atoms with van der Waals surface area (Å²) in [6.07, 6.45) is 8.57. The zero-order valence-corrected chi connectivity index (χ0v) is 19.6. The van der Waals surface area contributed by atoms with E-state index in [4.69, 9.17) is 5.73 Å². The van der Waals surface area contributed by atoms with E-state index in [2.05, 4.69) is 20.7 Å². The van der Waals surface area contributed by atoms with Gasteiger partial charge in [0.1, 0.15) is 5.82 Å². The van der Waals surface area contributed by atoms with Crippen molar-refractivity contribution < 1.29 is 9.59 Å². The van der Waals surface area contributed by atoms with Crippen molar-refractivity contribution in [3.8, 4) is 11.1 Å². The summed E-state index contributed by atoms with van der Waals surface area (Å²) in [5.74, 6) is 0.0121. The number of fused-ring (bicyclic) bond motifs is 1. The van der Waals surface area contributed by atoms with Gasteiger partial charge in [0.2, 0.25) is 5.91 Å². The van der Waals surface area contributed by atoms with Gasteiger partial charge in [0.05, 0.1) is 11.8 Å². The number of nitrogens with two attached hydrogens (primary N) is 1. The summed E-state index contributed by atoms with van der Waals surface area (Å²) >= 11 is 1.47. The van der Waals surface area contributed by atoms with Gasteiger partial charge in [0.15, 0.2) is 0 Å². The number of hydrogen-bond acceptors (Lipinski definition) is 6. The predicted molar refractivity (Wildman–Crippen MR) is 135 cm³/mol. The van der Waals surface area contributed by atoms with Crippen molar-refractivity contribution in [2.75, 3.05) is 11.1 Å². The van der Waals surface area contributed by atoms with E-state index < -0.39 is 0 Å². The van der Waals surface area contributed by atoms with Gasteiger partial charge in [0.25, 0.3) is 5.91 Å². The molecule has 0 bridgehead atoms. The lowest BCUT2D eigenvalue weighted by atomic mass is 9.85. The summed E-state index contributed by atoms with van der Waals surface area (Å²) in [5.41, 5.74) is 9.33. The van der Waals surface area contributed by atoms with Crippen LogP contribution >= 0.6 is 11.3 Å². The predicted octanol–water partition coefficient (Wildman–Crippen LogP) is 4.21. The van der Waals surface area contributed by atoms with Gasteiger partial charge in [-0.25, -0.2) is 4.98 Å². The second kappa shape index (κ2) is 9.26. The largest absolute Gasteiger partial charge is 0.383 e. The van der Waals surface area contributed by atoms with Crippen LogP contribution in [0.15, 0.2) is 54.3 Å². The molecule has 1 fully saturated rings. The fraction of sp³-hybridized carbons (Fsp3) is 0.280. The van der Waals surface area contributed by atoms with Crippen LogP contribution in [-0.2, 0) is 11.8 Å². The number of para-hydroxylation sites is 1. The molecule has 8 nitrogen and oxygen atoms in total. The van der Waals surface area contributed by atoms with E-state index in [0.29, 0.717) is 23.2 Å². The minimum Gasteiger partial charge on any atom is -0.383 e. The van der Waals surface area contributed by atoms with Gasteiger partial charge in [-0.2, -0.15) is 5.10 Å². The third kappa shape index (κ3) is 4.38. The maximum atomic E-state index is 13.3. The monoisotopic (exact) mass is 474 g/mol. The highest BCUT2D eigenvalue weighted by Crippen LogP contribution is 2.37. The molecule has 0 unspecified atom stereocenters. The van der Waals surface area contributed by atoms with Gasteiger partial charge in [-0.15, -0.1) is 11.3 Å². The lowest BCUT2D eigenvalue weighted by Crippen LogP contribution is -2.41. The molecule has 0 spiro atoms. The highest BCUT2D eigenvalue weighted by atomic mass is 32.1. The minimum absolute atomic E-state index is 0.000638. The van der Waals surface area contributed by atoms with Crippen molar-refractivity contribution in [1.29, 1.82) is 0 Å². The smallest absolute Gasteiger partial charge is 0.253 e. The Morgan fingerprint density at radius 2 is 2.00 bits per heavy atom. The molecule has 4 N–H and O–H groups in total. The first kappa shape index (κ1) is 22.1. The molecule has 9 heteroatoms. The van der Waals surface area contributed by atoms with Crippen molar-refractivity contribution in [2.45, 2.75) is 31.7 Å². The van der Waals surface area contributed by atoms with Crippen molar-refractivity contribution in [1.82, 2.24) is 20.1 Å². The Morgan fingerprint density at radius 1 is 1.18 bits per heavy atom. The van der Waals surface area contributed by atoms with E-state index in [9.17, 15) is 9.59 Å². The van der Waals surface area contributed by atoms with E-state index >= 15 is 0 Å². The van der Waals surface area contributed by atoms with Gasteiger partial charge in [-0.1, -0.05) is 24.6 Å². The number of nitrogens with zero attached hydrogens (tertiary/aromatic N) is 3. The Balaban J connectivity index is 1.32.